The van der Waals surface area contributed by atoms with Crippen LogP contribution in [0.2, 0.25) is 0 Å². The smallest absolute Gasteiger partial charge is 0.239 e. The third kappa shape index (κ3) is 3.30. The van der Waals surface area contributed by atoms with Gasteiger partial charge in [0.05, 0.1) is 12.1 Å². The maximum absolute atomic E-state index is 12.4. The lowest BCUT2D eigenvalue weighted by Crippen LogP contribution is -2.57. The monoisotopic (exact) mass is 282 g/mol. The lowest BCUT2D eigenvalue weighted by Gasteiger charge is -2.38. The minimum atomic E-state index is -0.440. The zero-order valence-electron chi connectivity index (χ0n) is 12.5. The Hall–Kier alpha value is -1.14. The number of nitrogens with two attached hydrogens (primary N) is 1. The van der Waals surface area contributed by atoms with Gasteiger partial charge >= 0.3 is 0 Å². The van der Waals surface area contributed by atoms with E-state index < -0.39 is 6.04 Å². The van der Waals surface area contributed by atoms with Crippen molar-refractivity contribution in [3.05, 3.63) is 0 Å². The normalized spacial score (nSPS) is 23.8. The molecule has 0 radical (unpaired) electrons. The Bertz CT molecular complexity index is 358. The molecule has 0 spiro atoms. The molecule has 0 aromatic rings. The average molecular weight is 282 g/mol. The zero-order valence-corrected chi connectivity index (χ0v) is 12.5. The Morgan fingerprint density at radius 3 is 1.85 bits per heavy atom. The van der Waals surface area contributed by atoms with Gasteiger partial charge in [-0.15, -0.1) is 0 Å². The van der Waals surface area contributed by atoms with Crippen LogP contribution >= 0.6 is 0 Å². The summed E-state index contributed by atoms with van der Waals surface area (Å²) in [6.07, 6.45) is 2.24. The van der Waals surface area contributed by atoms with Crippen LogP contribution in [-0.4, -0.2) is 77.9 Å². The van der Waals surface area contributed by atoms with E-state index >= 15 is 0 Å². The van der Waals surface area contributed by atoms with Crippen LogP contribution in [0.1, 0.15) is 26.7 Å². The van der Waals surface area contributed by atoms with Crippen molar-refractivity contribution in [1.82, 2.24) is 14.7 Å². The maximum atomic E-state index is 12.4. The first-order valence-corrected chi connectivity index (χ1v) is 7.58. The fraction of sp³-hybridized carbons (Fsp3) is 0.857. The summed E-state index contributed by atoms with van der Waals surface area (Å²) in [6, 6.07) is -0.522. The van der Waals surface area contributed by atoms with E-state index in [9.17, 15) is 9.59 Å². The van der Waals surface area contributed by atoms with Crippen LogP contribution in [0.4, 0.5) is 0 Å². The van der Waals surface area contributed by atoms with E-state index in [0.29, 0.717) is 13.1 Å². The van der Waals surface area contributed by atoms with Crippen LogP contribution in [0.25, 0.3) is 0 Å². The topological polar surface area (TPSA) is 69.9 Å². The summed E-state index contributed by atoms with van der Waals surface area (Å²) in [7, 11) is 0. The molecule has 20 heavy (non-hydrogen) atoms. The van der Waals surface area contributed by atoms with Crippen molar-refractivity contribution in [2.45, 2.75) is 38.8 Å². The highest BCUT2D eigenvalue weighted by Crippen LogP contribution is 2.14. The maximum Gasteiger partial charge on any atom is 0.239 e. The largest absolute Gasteiger partial charge is 0.341 e. The van der Waals surface area contributed by atoms with Gasteiger partial charge in [0.1, 0.15) is 0 Å². The second-order valence-electron chi connectivity index (χ2n) is 5.86. The molecule has 2 fully saturated rings. The molecule has 0 saturated carbocycles. The molecule has 114 valence electrons. The molecular weight excluding hydrogens is 256 g/mol. The molecule has 2 aliphatic rings. The van der Waals surface area contributed by atoms with E-state index in [-0.39, 0.29) is 17.9 Å². The molecule has 2 unspecified atom stereocenters. The summed E-state index contributed by atoms with van der Waals surface area (Å²) in [4.78, 5) is 30.1. The first-order chi connectivity index (χ1) is 9.50. The summed E-state index contributed by atoms with van der Waals surface area (Å²) in [5.74, 6) is 0.234. The minimum absolute atomic E-state index is 0.00294. The number of hydrogen-bond acceptors (Lipinski definition) is 4. The predicted octanol–water partition coefficient (Wildman–Crippen LogP) is -0.511. The van der Waals surface area contributed by atoms with E-state index in [1.807, 2.05) is 11.8 Å². The molecular formula is C14H26N4O2. The summed E-state index contributed by atoms with van der Waals surface area (Å²) in [5.41, 5.74) is 5.63. The van der Waals surface area contributed by atoms with Gasteiger partial charge in [-0.3, -0.25) is 14.5 Å². The Balaban J connectivity index is 1.83. The van der Waals surface area contributed by atoms with E-state index in [1.165, 1.54) is 0 Å². The quantitative estimate of drug-likeness (QED) is 0.757. The number of nitrogens with zero attached hydrogens (tertiary/aromatic N) is 3. The summed E-state index contributed by atoms with van der Waals surface area (Å²) < 4.78 is 0. The predicted molar refractivity (Wildman–Crippen MR) is 77.1 cm³/mol. The number of carbonyl (C=O) groups is 2. The number of rotatable bonds is 3. The van der Waals surface area contributed by atoms with Crippen molar-refractivity contribution in [2.24, 2.45) is 5.73 Å². The molecule has 2 aliphatic heterocycles. The van der Waals surface area contributed by atoms with Crippen LogP contribution in [0.3, 0.4) is 0 Å². The third-order valence-electron chi connectivity index (χ3n) is 4.34. The van der Waals surface area contributed by atoms with Crippen LogP contribution < -0.4 is 5.73 Å². The molecule has 2 rings (SSSR count). The van der Waals surface area contributed by atoms with Crippen LogP contribution in [-0.2, 0) is 9.59 Å². The van der Waals surface area contributed by atoms with Gasteiger partial charge in [0.25, 0.3) is 0 Å². The molecule has 2 N–H and O–H groups in total. The van der Waals surface area contributed by atoms with E-state index in [1.54, 1.807) is 11.8 Å². The number of likely N-dealkylation sites (tertiary alicyclic amines) is 1. The average Bonchev–Trinajstić information content (AvgIpc) is 2.99. The van der Waals surface area contributed by atoms with Crippen LogP contribution in [0, 0.1) is 0 Å². The second-order valence-corrected chi connectivity index (χ2v) is 5.86. The van der Waals surface area contributed by atoms with Gasteiger partial charge in [-0.05, 0) is 26.7 Å². The van der Waals surface area contributed by atoms with Gasteiger partial charge in [0.15, 0.2) is 0 Å². The van der Waals surface area contributed by atoms with Crippen LogP contribution in [0.15, 0.2) is 0 Å². The Labute approximate surface area is 120 Å². The van der Waals surface area contributed by atoms with Gasteiger partial charge < -0.3 is 15.5 Å². The molecule has 0 bridgehead atoms. The van der Waals surface area contributed by atoms with Gasteiger partial charge in [-0.2, -0.15) is 0 Å². The first-order valence-electron chi connectivity index (χ1n) is 7.58. The van der Waals surface area contributed by atoms with Crippen molar-refractivity contribution in [1.29, 1.82) is 0 Å². The molecule has 2 atom stereocenters. The molecule has 2 amide bonds. The first kappa shape index (κ1) is 15.3. The third-order valence-corrected chi connectivity index (χ3v) is 4.34. The summed E-state index contributed by atoms with van der Waals surface area (Å²) in [6.45, 7) is 8.31. The Morgan fingerprint density at radius 2 is 1.35 bits per heavy atom. The lowest BCUT2D eigenvalue weighted by atomic mass is 10.2. The number of hydrogen-bond donors (Lipinski definition) is 1. The van der Waals surface area contributed by atoms with E-state index in [0.717, 1.165) is 39.0 Å². The Morgan fingerprint density at radius 1 is 0.850 bits per heavy atom. The molecule has 0 aromatic carbocycles. The highest BCUT2D eigenvalue weighted by Gasteiger charge is 2.31. The zero-order chi connectivity index (χ0) is 14.7. The van der Waals surface area contributed by atoms with Gasteiger partial charge in [-0.25, -0.2) is 0 Å². The van der Waals surface area contributed by atoms with Crippen molar-refractivity contribution in [3.63, 3.8) is 0 Å². The Kier molecular flexibility index (Phi) is 4.99. The second kappa shape index (κ2) is 6.54. The standard InChI is InChI=1S/C14H26N4O2/c1-11(15)13(19)18-9-7-16(8-10-18)12(2)14(20)17-5-3-4-6-17/h11-12H,3-10,15H2,1-2H3. The van der Waals surface area contributed by atoms with Gasteiger partial charge in [0.2, 0.25) is 11.8 Å². The van der Waals surface area contributed by atoms with Crippen molar-refractivity contribution < 1.29 is 9.59 Å². The molecule has 2 heterocycles. The number of piperazine rings is 1. The molecule has 6 heteroatoms. The minimum Gasteiger partial charge on any atom is -0.341 e. The van der Waals surface area contributed by atoms with Gasteiger partial charge in [0, 0.05) is 39.3 Å². The van der Waals surface area contributed by atoms with Crippen LogP contribution in [0.5, 0.6) is 0 Å². The van der Waals surface area contributed by atoms with E-state index in [2.05, 4.69) is 4.90 Å². The van der Waals surface area contributed by atoms with Crippen molar-refractivity contribution >= 4 is 11.8 Å². The number of carbonyl (C=O) groups excluding carboxylic acids is 2. The molecule has 6 nitrogen and oxygen atoms in total. The fourth-order valence-corrected chi connectivity index (χ4v) is 2.98. The van der Waals surface area contributed by atoms with Crippen molar-refractivity contribution in [3.8, 4) is 0 Å². The van der Waals surface area contributed by atoms with Crippen molar-refractivity contribution in [2.75, 3.05) is 39.3 Å². The number of amides is 2. The SMILES string of the molecule is CC(N)C(=O)N1CCN(C(C)C(=O)N2CCCC2)CC1. The van der Waals surface area contributed by atoms with E-state index in [4.69, 9.17) is 5.73 Å². The van der Waals surface area contributed by atoms with Gasteiger partial charge in [-0.1, -0.05) is 0 Å². The molecule has 0 aliphatic carbocycles. The fourth-order valence-electron chi connectivity index (χ4n) is 2.98. The molecule has 0 aromatic heterocycles. The molecule has 2 saturated heterocycles. The highest BCUT2D eigenvalue weighted by atomic mass is 16.2. The highest BCUT2D eigenvalue weighted by molar-refractivity contribution is 5.82. The summed E-state index contributed by atoms with van der Waals surface area (Å²) in [5, 5.41) is 0. The lowest BCUT2D eigenvalue weighted by molar-refractivity contribution is -0.138. The summed E-state index contributed by atoms with van der Waals surface area (Å²) >= 11 is 0.